The highest BCUT2D eigenvalue weighted by Crippen LogP contribution is 2.20. The summed E-state index contributed by atoms with van der Waals surface area (Å²) >= 11 is 5.79. The molecule has 1 aromatic carbocycles. The van der Waals surface area contributed by atoms with Gasteiger partial charge in [-0.05, 0) is 25.1 Å². The van der Waals surface area contributed by atoms with Crippen molar-refractivity contribution in [2.24, 2.45) is 0 Å². The molecule has 0 bridgehead atoms. The molecule has 0 aromatic heterocycles. The molecule has 86 valence electrons. The molecule has 0 atom stereocenters. The van der Waals surface area contributed by atoms with E-state index in [9.17, 15) is 4.79 Å². The van der Waals surface area contributed by atoms with Gasteiger partial charge in [0.25, 0.3) is 5.91 Å². The van der Waals surface area contributed by atoms with Crippen LogP contribution in [0, 0.1) is 0 Å². The monoisotopic (exact) mass is 238 g/mol. The molecule has 0 aliphatic heterocycles. The molecule has 3 nitrogen and oxygen atoms in total. The Kier molecular flexibility index (Phi) is 4.38. The number of carbonyl (C=O) groups excluding carboxylic acids is 1. The quantitative estimate of drug-likeness (QED) is 0.647. The topological polar surface area (TPSA) is 46.3 Å². The predicted octanol–water partition coefficient (Wildman–Crippen LogP) is 2.57. The Labute approximate surface area is 100 Å². The minimum atomic E-state index is -0.0641. The maximum Gasteiger partial charge on any atom is 0.254 e. The van der Waals surface area contributed by atoms with E-state index < -0.39 is 0 Å². The summed E-state index contributed by atoms with van der Waals surface area (Å²) < 4.78 is 0. The van der Waals surface area contributed by atoms with Gasteiger partial charge in [-0.25, -0.2) is 0 Å². The molecule has 0 unspecified atom stereocenters. The predicted molar refractivity (Wildman–Crippen MR) is 67.6 cm³/mol. The second-order valence-corrected chi connectivity index (χ2v) is 3.78. The van der Waals surface area contributed by atoms with Crippen molar-refractivity contribution in [3.8, 4) is 0 Å². The van der Waals surface area contributed by atoms with Crippen molar-refractivity contribution in [1.29, 1.82) is 0 Å². The van der Waals surface area contributed by atoms with Gasteiger partial charge in [-0.3, -0.25) is 4.79 Å². The number of hydrogen-bond acceptors (Lipinski definition) is 2. The summed E-state index contributed by atoms with van der Waals surface area (Å²) in [5.74, 6) is -0.0641. The fourth-order valence-corrected chi connectivity index (χ4v) is 1.49. The van der Waals surface area contributed by atoms with Crippen LogP contribution < -0.4 is 5.73 Å². The lowest BCUT2D eigenvalue weighted by molar-refractivity contribution is 0.0782. The highest BCUT2D eigenvalue weighted by Gasteiger charge is 2.13. The third-order valence-corrected chi connectivity index (χ3v) is 2.61. The first-order valence-electron chi connectivity index (χ1n) is 5.05. The van der Waals surface area contributed by atoms with Crippen LogP contribution in [0.2, 0.25) is 5.02 Å². The van der Waals surface area contributed by atoms with Gasteiger partial charge in [-0.15, -0.1) is 6.58 Å². The number of carbonyl (C=O) groups is 1. The maximum atomic E-state index is 12.0. The highest BCUT2D eigenvalue weighted by molar-refractivity contribution is 6.33. The first kappa shape index (κ1) is 12.6. The van der Waals surface area contributed by atoms with Crippen LogP contribution in [0.25, 0.3) is 0 Å². The van der Waals surface area contributed by atoms with Gasteiger partial charge in [0.2, 0.25) is 0 Å². The van der Waals surface area contributed by atoms with Crippen LogP contribution in [0.1, 0.15) is 17.3 Å². The van der Waals surface area contributed by atoms with Crippen molar-refractivity contribution < 1.29 is 4.79 Å². The fourth-order valence-electron chi connectivity index (χ4n) is 1.37. The molecule has 0 radical (unpaired) electrons. The smallest absolute Gasteiger partial charge is 0.254 e. The second-order valence-electron chi connectivity index (χ2n) is 3.37. The van der Waals surface area contributed by atoms with Crippen molar-refractivity contribution >= 4 is 23.2 Å². The molecule has 0 spiro atoms. The molecule has 2 N–H and O–H groups in total. The van der Waals surface area contributed by atoms with Gasteiger partial charge in [-0.2, -0.15) is 0 Å². The molecule has 0 fully saturated rings. The summed E-state index contributed by atoms with van der Waals surface area (Å²) in [6.07, 6.45) is 1.70. The van der Waals surface area contributed by atoms with E-state index in [2.05, 4.69) is 6.58 Å². The summed E-state index contributed by atoms with van der Waals surface area (Å²) in [6.45, 7) is 6.69. The minimum absolute atomic E-state index is 0.0641. The zero-order chi connectivity index (χ0) is 12.1. The van der Waals surface area contributed by atoms with Gasteiger partial charge in [-0.1, -0.05) is 17.7 Å². The number of nitrogen functional groups attached to an aromatic ring is 1. The Morgan fingerprint density at radius 3 is 2.81 bits per heavy atom. The standard InChI is InChI=1S/C12H15ClN2O/c1-3-7-15(4-2)12(16)9-5-6-10(13)11(14)8-9/h3,5-6,8H,1,4,7,14H2,2H3. The normalized spacial score (nSPS) is 9.88. The molecular formula is C12H15ClN2O. The van der Waals surface area contributed by atoms with E-state index in [-0.39, 0.29) is 5.91 Å². The molecular weight excluding hydrogens is 224 g/mol. The molecule has 16 heavy (non-hydrogen) atoms. The van der Waals surface area contributed by atoms with Gasteiger partial charge >= 0.3 is 0 Å². The van der Waals surface area contributed by atoms with Gasteiger partial charge in [0.1, 0.15) is 0 Å². The third kappa shape index (κ3) is 2.76. The lowest BCUT2D eigenvalue weighted by atomic mass is 10.1. The van der Waals surface area contributed by atoms with E-state index >= 15 is 0 Å². The van der Waals surface area contributed by atoms with Crippen molar-refractivity contribution in [3.63, 3.8) is 0 Å². The third-order valence-electron chi connectivity index (χ3n) is 2.26. The summed E-state index contributed by atoms with van der Waals surface area (Å²) in [5, 5.41) is 0.461. The fraction of sp³-hybridized carbons (Fsp3) is 0.250. The minimum Gasteiger partial charge on any atom is -0.398 e. The van der Waals surface area contributed by atoms with Crippen LogP contribution in [0.3, 0.4) is 0 Å². The maximum absolute atomic E-state index is 12.0. The summed E-state index contributed by atoms with van der Waals surface area (Å²) in [4.78, 5) is 13.7. The largest absolute Gasteiger partial charge is 0.398 e. The number of hydrogen-bond donors (Lipinski definition) is 1. The molecule has 1 aromatic rings. The van der Waals surface area contributed by atoms with E-state index in [0.29, 0.717) is 29.4 Å². The average molecular weight is 239 g/mol. The number of rotatable bonds is 4. The van der Waals surface area contributed by atoms with Gasteiger partial charge in [0.15, 0.2) is 0 Å². The zero-order valence-corrected chi connectivity index (χ0v) is 10.00. The second kappa shape index (κ2) is 5.56. The Morgan fingerprint density at radius 1 is 1.62 bits per heavy atom. The zero-order valence-electron chi connectivity index (χ0n) is 9.24. The number of benzene rings is 1. The van der Waals surface area contributed by atoms with Crippen LogP contribution in [-0.4, -0.2) is 23.9 Å². The SMILES string of the molecule is C=CCN(CC)C(=O)c1ccc(Cl)c(N)c1. The molecule has 1 rings (SSSR count). The van der Waals surface area contributed by atoms with E-state index in [4.69, 9.17) is 17.3 Å². The summed E-state index contributed by atoms with van der Waals surface area (Å²) in [5.41, 5.74) is 6.62. The lowest BCUT2D eigenvalue weighted by Crippen LogP contribution is -2.30. The number of nitrogens with two attached hydrogens (primary N) is 1. The van der Waals surface area contributed by atoms with Crippen LogP contribution in [-0.2, 0) is 0 Å². The molecule has 0 heterocycles. The van der Waals surface area contributed by atoms with Crippen molar-refractivity contribution in [2.45, 2.75) is 6.92 Å². The first-order chi connectivity index (χ1) is 7.60. The van der Waals surface area contributed by atoms with E-state index in [1.165, 1.54) is 0 Å². The van der Waals surface area contributed by atoms with Gasteiger partial charge in [0.05, 0.1) is 10.7 Å². The summed E-state index contributed by atoms with van der Waals surface area (Å²) in [7, 11) is 0. The summed E-state index contributed by atoms with van der Waals surface area (Å²) in [6, 6.07) is 4.90. The van der Waals surface area contributed by atoms with E-state index in [1.54, 1.807) is 29.2 Å². The Bertz CT molecular complexity index is 404. The molecule has 4 heteroatoms. The number of amides is 1. The number of anilines is 1. The first-order valence-corrected chi connectivity index (χ1v) is 5.43. The van der Waals surface area contributed by atoms with Crippen LogP contribution in [0.5, 0.6) is 0 Å². The molecule has 0 aliphatic rings. The molecule has 0 saturated carbocycles. The average Bonchev–Trinajstić information content (AvgIpc) is 2.28. The molecule has 0 saturated heterocycles. The number of likely N-dealkylation sites (N-methyl/N-ethyl adjacent to an activating group) is 1. The van der Waals surface area contributed by atoms with Crippen LogP contribution >= 0.6 is 11.6 Å². The lowest BCUT2D eigenvalue weighted by Gasteiger charge is -2.19. The Morgan fingerprint density at radius 2 is 2.31 bits per heavy atom. The number of halogens is 1. The Balaban J connectivity index is 2.94. The van der Waals surface area contributed by atoms with Gasteiger partial charge < -0.3 is 10.6 Å². The molecule has 1 amide bonds. The van der Waals surface area contributed by atoms with Crippen LogP contribution in [0.4, 0.5) is 5.69 Å². The van der Waals surface area contributed by atoms with Crippen LogP contribution in [0.15, 0.2) is 30.9 Å². The van der Waals surface area contributed by atoms with E-state index in [1.807, 2.05) is 6.92 Å². The highest BCUT2D eigenvalue weighted by atomic mass is 35.5. The Hall–Kier alpha value is -1.48. The van der Waals surface area contributed by atoms with Crippen molar-refractivity contribution in [3.05, 3.63) is 41.4 Å². The molecule has 0 aliphatic carbocycles. The number of nitrogens with zero attached hydrogens (tertiary/aromatic N) is 1. The van der Waals surface area contributed by atoms with Crippen molar-refractivity contribution in [2.75, 3.05) is 18.8 Å². The van der Waals surface area contributed by atoms with Crippen molar-refractivity contribution in [1.82, 2.24) is 4.90 Å². The van der Waals surface area contributed by atoms with E-state index in [0.717, 1.165) is 0 Å². The van der Waals surface area contributed by atoms with Gasteiger partial charge in [0, 0.05) is 18.7 Å².